The van der Waals surface area contributed by atoms with Crippen LogP contribution in [0.4, 0.5) is 5.69 Å². The van der Waals surface area contributed by atoms with Crippen molar-refractivity contribution in [1.29, 1.82) is 0 Å². The number of nitrogens with zero attached hydrogens (tertiary/aromatic N) is 1. The van der Waals surface area contributed by atoms with E-state index in [4.69, 9.17) is 0 Å². The van der Waals surface area contributed by atoms with Crippen LogP contribution in [0.1, 0.15) is 24.8 Å². The van der Waals surface area contributed by atoms with Crippen LogP contribution in [0.5, 0.6) is 0 Å². The second kappa shape index (κ2) is 5.09. The number of hydrogen-bond donors (Lipinski definition) is 1. The van der Waals surface area contributed by atoms with Crippen molar-refractivity contribution in [3.63, 3.8) is 0 Å². The summed E-state index contributed by atoms with van der Waals surface area (Å²) in [4.78, 5) is 2.58. The molecule has 2 aliphatic rings. The van der Waals surface area contributed by atoms with Crippen LogP contribution in [-0.4, -0.2) is 26.2 Å². The summed E-state index contributed by atoms with van der Waals surface area (Å²) in [5, 5.41) is 3.44. The van der Waals surface area contributed by atoms with Crippen molar-refractivity contribution < 1.29 is 0 Å². The third-order valence-electron chi connectivity index (χ3n) is 4.25. The van der Waals surface area contributed by atoms with Gasteiger partial charge < -0.3 is 10.2 Å². The van der Waals surface area contributed by atoms with Gasteiger partial charge in [0.25, 0.3) is 0 Å². The molecule has 0 amide bonds. The van der Waals surface area contributed by atoms with Gasteiger partial charge in [0.2, 0.25) is 0 Å². The Bertz CT molecular complexity index is 369. The molecular formula is C15H22N2. The van der Waals surface area contributed by atoms with Crippen LogP contribution in [-0.2, 0) is 6.42 Å². The number of para-hydroxylation sites is 1. The molecule has 2 heteroatoms. The minimum atomic E-state index is 0.948. The molecule has 0 atom stereocenters. The van der Waals surface area contributed by atoms with Gasteiger partial charge >= 0.3 is 0 Å². The molecule has 0 aromatic heterocycles. The number of rotatable bonds is 3. The Labute approximate surface area is 104 Å². The maximum absolute atomic E-state index is 3.44. The maximum atomic E-state index is 3.44. The highest BCUT2D eigenvalue weighted by atomic mass is 15.1. The molecule has 0 spiro atoms. The summed E-state index contributed by atoms with van der Waals surface area (Å²) in [7, 11) is 0. The average molecular weight is 230 g/mol. The van der Waals surface area contributed by atoms with Crippen LogP contribution in [0.2, 0.25) is 0 Å². The Morgan fingerprint density at radius 3 is 2.88 bits per heavy atom. The zero-order valence-corrected chi connectivity index (χ0v) is 10.5. The SMILES string of the molecule is c1ccc2c(c1)CCN2CCC1CCNCC1. The second-order valence-electron chi connectivity index (χ2n) is 5.35. The van der Waals surface area contributed by atoms with Gasteiger partial charge in [-0.25, -0.2) is 0 Å². The van der Waals surface area contributed by atoms with E-state index in [-0.39, 0.29) is 0 Å². The molecule has 0 radical (unpaired) electrons. The van der Waals surface area contributed by atoms with Gasteiger partial charge in [-0.2, -0.15) is 0 Å². The standard InChI is InChI=1S/C15H22N2/c1-2-4-15-14(3-1)8-12-17(15)11-7-13-5-9-16-10-6-13/h1-4,13,16H,5-12H2. The third kappa shape index (κ3) is 2.47. The summed E-state index contributed by atoms with van der Waals surface area (Å²) < 4.78 is 0. The average Bonchev–Trinajstić information content (AvgIpc) is 2.81. The topological polar surface area (TPSA) is 15.3 Å². The highest BCUT2D eigenvalue weighted by molar-refractivity contribution is 5.57. The van der Waals surface area contributed by atoms with Gasteiger partial charge in [0, 0.05) is 18.8 Å². The Morgan fingerprint density at radius 2 is 2.00 bits per heavy atom. The number of anilines is 1. The minimum absolute atomic E-state index is 0.948. The Hall–Kier alpha value is -1.02. The first-order valence-corrected chi connectivity index (χ1v) is 6.97. The lowest BCUT2D eigenvalue weighted by Gasteiger charge is -2.26. The molecule has 17 heavy (non-hydrogen) atoms. The molecule has 0 bridgehead atoms. The zero-order valence-electron chi connectivity index (χ0n) is 10.5. The third-order valence-corrected chi connectivity index (χ3v) is 4.25. The lowest BCUT2D eigenvalue weighted by atomic mass is 9.94. The van der Waals surface area contributed by atoms with E-state index in [2.05, 4.69) is 34.5 Å². The molecule has 0 aliphatic carbocycles. The molecule has 2 aliphatic heterocycles. The van der Waals surface area contributed by atoms with E-state index in [0.717, 1.165) is 5.92 Å². The van der Waals surface area contributed by atoms with Crippen LogP contribution in [0.15, 0.2) is 24.3 Å². The highest BCUT2D eigenvalue weighted by Gasteiger charge is 2.20. The molecule has 0 unspecified atom stereocenters. The second-order valence-corrected chi connectivity index (χ2v) is 5.35. The van der Waals surface area contributed by atoms with Crippen molar-refractivity contribution in [3.8, 4) is 0 Å². The molecule has 1 aromatic rings. The minimum Gasteiger partial charge on any atom is -0.371 e. The first-order valence-electron chi connectivity index (χ1n) is 6.97. The lowest BCUT2D eigenvalue weighted by Crippen LogP contribution is -2.30. The van der Waals surface area contributed by atoms with Crippen molar-refractivity contribution in [1.82, 2.24) is 5.32 Å². The summed E-state index contributed by atoms with van der Waals surface area (Å²) >= 11 is 0. The Kier molecular flexibility index (Phi) is 3.32. The summed E-state index contributed by atoms with van der Waals surface area (Å²) in [6.07, 6.45) is 5.35. The van der Waals surface area contributed by atoms with Crippen LogP contribution in [0.25, 0.3) is 0 Å². The van der Waals surface area contributed by atoms with Gasteiger partial charge in [-0.15, -0.1) is 0 Å². The molecule has 3 rings (SSSR count). The quantitative estimate of drug-likeness (QED) is 0.858. The monoisotopic (exact) mass is 230 g/mol. The highest BCUT2D eigenvalue weighted by Crippen LogP contribution is 2.28. The fourth-order valence-electron chi connectivity index (χ4n) is 3.15. The Morgan fingerprint density at radius 1 is 1.18 bits per heavy atom. The molecule has 1 N–H and O–H groups in total. The summed E-state index contributed by atoms with van der Waals surface area (Å²) in [5.41, 5.74) is 3.03. The molecular weight excluding hydrogens is 208 g/mol. The number of fused-ring (bicyclic) bond motifs is 1. The van der Waals surface area contributed by atoms with Crippen LogP contribution in [0.3, 0.4) is 0 Å². The lowest BCUT2D eigenvalue weighted by molar-refractivity contribution is 0.355. The molecule has 0 saturated carbocycles. The molecule has 1 fully saturated rings. The predicted octanol–water partition coefficient (Wildman–Crippen LogP) is 2.44. The van der Waals surface area contributed by atoms with Gasteiger partial charge in [0.15, 0.2) is 0 Å². The summed E-state index contributed by atoms with van der Waals surface area (Å²) in [6.45, 7) is 4.93. The van der Waals surface area contributed by atoms with E-state index in [1.54, 1.807) is 0 Å². The van der Waals surface area contributed by atoms with E-state index in [1.165, 1.54) is 63.1 Å². The molecule has 2 heterocycles. The van der Waals surface area contributed by atoms with Gasteiger partial charge in [-0.05, 0) is 56.3 Å². The number of benzene rings is 1. The Balaban J connectivity index is 1.56. The normalized spacial score (nSPS) is 20.6. The van der Waals surface area contributed by atoms with Crippen LogP contribution >= 0.6 is 0 Å². The van der Waals surface area contributed by atoms with E-state index < -0.39 is 0 Å². The summed E-state index contributed by atoms with van der Waals surface area (Å²) in [5.74, 6) is 0.948. The molecule has 92 valence electrons. The predicted molar refractivity (Wildman–Crippen MR) is 72.6 cm³/mol. The fourth-order valence-corrected chi connectivity index (χ4v) is 3.15. The maximum Gasteiger partial charge on any atom is 0.0399 e. The molecule has 1 aromatic carbocycles. The van der Waals surface area contributed by atoms with Gasteiger partial charge in [-0.1, -0.05) is 18.2 Å². The van der Waals surface area contributed by atoms with Gasteiger partial charge in [0.1, 0.15) is 0 Å². The fraction of sp³-hybridized carbons (Fsp3) is 0.600. The first-order chi connectivity index (χ1) is 8.43. The van der Waals surface area contributed by atoms with Crippen molar-refractivity contribution >= 4 is 5.69 Å². The van der Waals surface area contributed by atoms with Crippen LogP contribution < -0.4 is 10.2 Å². The van der Waals surface area contributed by atoms with Crippen molar-refractivity contribution in [2.45, 2.75) is 25.7 Å². The number of piperidine rings is 1. The van der Waals surface area contributed by atoms with Crippen molar-refractivity contribution in [2.24, 2.45) is 5.92 Å². The van der Waals surface area contributed by atoms with Crippen molar-refractivity contribution in [3.05, 3.63) is 29.8 Å². The first kappa shape index (κ1) is 11.1. The van der Waals surface area contributed by atoms with E-state index in [1.807, 2.05) is 0 Å². The van der Waals surface area contributed by atoms with Crippen LogP contribution in [0, 0.1) is 5.92 Å². The van der Waals surface area contributed by atoms with E-state index >= 15 is 0 Å². The molecule has 2 nitrogen and oxygen atoms in total. The van der Waals surface area contributed by atoms with Crippen molar-refractivity contribution in [2.75, 3.05) is 31.1 Å². The smallest absolute Gasteiger partial charge is 0.0399 e. The zero-order chi connectivity index (χ0) is 11.5. The molecule has 1 saturated heterocycles. The number of hydrogen-bond acceptors (Lipinski definition) is 2. The van der Waals surface area contributed by atoms with Gasteiger partial charge in [-0.3, -0.25) is 0 Å². The summed E-state index contributed by atoms with van der Waals surface area (Å²) in [6, 6.07) is 8.89. The van der Waals surface area contributed by atoms with Gasteiger partial charge in [0.05, 0.1) is 0 Å². The number of nitrogens with one attached hydrogen (secondary N) is 1. The van der Waals surface area contributed by atoms with E-state index in [0.29, 0.717) is 0 Å². The van der Waals surface area contributed by atoms with E-state index in [9.17, 15) is 0 Å². The largest absolute Gasteiger partial charge is 0.371 e.